The van der Waals surface area contributed by atoms with E-state index in [2.05, 4.69) is 11.1 Å². The fourth-order valence-corrected chi connectivity index (χ4v) is 4.05. The summed E-state index contributed by atoms with van der Waals surface area (Å²) >= 11 is 0. The van der Waals surface area contributed by atoms with E-state index in [0.29, 0.717) is 24.1 Å². The monoisotopic (exact) mass is 377 g/mol. The topological polar surface area (TPSA) is 29.9 Å². The Hall–Kier alpha value is -2.68. The fourth-order valence-electron chi connectivity index (χ4n) is 4.05. The summed E-state index contributed by atoms with van der Waals surface area (Å²) in [5, 5.41) is 1.92. The van der Waals surface area contributed by atoms with Crippen LogP contribution in [0, 0.1) is 20.7 Å². The zero-order chi connectivity index (χ0) is 23.4. The molecule has 1 aromatic carbocycles. The Labute approximate surface area is 172 Å². The molecular formula is C25H29N2O+. The summed E-state index contributed by atoms with van der Waals surface area (Å²) in [6.45, 7) is 5.52. The van der Waals surface area contributed by atoms with Crippen LogP contribution in [0.4, 0.5) is 0 Å². The molecule has 0 N–H and O–H groups in total. The van der Waals surface area contributed by atoms with E-state index in [1.165, 1.54) is 0 Å². The molecule has 3 heteroatoms. The normalized spacial score (nSPS) is 14.8. The van der Waals surface area contributed by atoms with Gasteiger partial charge < -0.3 is 4.42 Å². The fraction of sp³-hybridized carbons (Fsp3) is 0.360. The molecule has 0 amide bonds. The molecule has 0 radical (unpaired) electrons. The predicted molar refractivity (Wildman–Crippen MR) is 116 cm³/mol. The lowest BCUT2D eigenvalue weighted by molar-refractivity contribution is -0.660. The lowest BCUT2D eigenvalue weighted by Crippen LogP contribution is -2.32. The molecule has 4 rings (SSSR count). The van der Waals surface area contributed by atoms with E-state index in [9.17, 15) is 0 Å². The van der Waals surface area contributed by atoms with Gasteiger partial charge in [0.15, 0.2) is 11.8 Å². The molecule has 0 unspecified atom stereocenters. The van der Waals surface area contributed by atoms with Gasteiger partial charge in [-0.15, -0.1) is 0 Å². The van der Waals surface area contributed by atoms with Crippen molar-refractivity contribution in [3.05, 3.63) is 58.9 Å². The third-order valence-electron chi connectivity index (χ3n) is 5.62. The standard InChI is InChI=1S/C25H29N2O/c1-7-18(8-2)21-13-22(27(6)14-16(21)4)23-15(3)9-11-19-20-12-10-17(5)26-25(20)28-24(19)23/h9-14,18H,7-8H2,1-6H3/q+1/i4D3,18D. The quantitative estimate of drug-likeness (QED) is 0.391. The molecular weight excluding hydrogens is 344 g/mol. The molecule has 0 spiro atoms. The third kappa shape index (κ3) is 2.90. The first kappa shape index (κ1) is 14.3. The van der Waals surface area contributed by atoms with Crippen LogP contribution in [-0.4, -0.2) is 4.98 Å². The molecule has 4 aromatic rings. The number of aromatic nitrogens is 2. The summed E-state index contributed by atoms with van der Waals surface area (Å²) in [4.78, 5) is 4.55. The molecule has 0 saturated carbocycles. The van der Waals surface area contributed by atoms with E-state index in [4.69, 9.17) is 9.90 Å². The predicted octanol–water partition coefficient (Wildman–Crippen LogP) is 6.30. The Balaban J connectivity index is 2.10. The average molecular weight is 378 g/mol. The summed E-state index contributed by atoms with van der Waals surface area (Å²) in [6.07, 6.45) is 2.71. The highest BCUT2D eigenvalue weighted by Gasteiger charge is 2.24. The number of pyridine rings is 2. The van der Waals surface area contributed by atoms with Crippen molar-refractivity contribution in [2.24, 2.45) is 7.05 Å². The van der Waals surface area contributed by atoms with Crippen LogP contribution in [0.5, 0.6) is 0 Å². The van der Waals surface area contributed by atoms with Crippen LogP contribution >= 0.6 is 0 Å². The largest absolute Gasteiger partial charge is 0.437 e. The lowest BCUT2D eigenvalue weighted by atomic mass is 9.89. The van der Waals surface area contributed by atoms with Crippen molar-refractivity contribution in [2.75, 3.05) is 0 Å². The molecule has 0 aliphatic heterocycles. The second-order valence-electron chi connectivity index (χ2n) is 7.45. The molecule has 0 atom stereocenters. The minimum atomic E-state index is -2.30. The maximum absolute atomic E-state index is 9.04. The van der Waals surface area contributed by atoms with Crippen LogP contribution < -0.4 is 4.57 Å². The van der Waals surface area contributed by atoms with Crippen LogP contribution in [0.25, 0.3) is 33.3 Å². The Morgan fingerprint density at radius 2 is 1.86 bits per heavy atom. The SMILES string of the molecule is [2H]C([2H])([2H])c1c[n+](C)c(-c2c(C)ccc3c2oc2nc(C)ccc23)cc1C([2H])(CC)CC. The van der Waals surface area contributed by atoms with Gasteiger partial charge in [0.1, 0.15) is 7.05 Å². The van der Waals surface area contributed by atoms with Crippen molar-refractivity contribution in [3.8, 4) is 11.3 Å². The average Bonchev–Trinajstić information content (AvgIpc) is 3.10. The van der Waals surface area contributed by atoms with Crippen LogP contribution in [0.15, 0.2) is 40.9 Å². The third-order valence-corrected chi connectivity index (χ3v) is 5.62. The Kier molecular flexibility index (Phi) is 3.61. The summed E-state index contributed by atoms with van der Waals surface area (Å²) in [7, 11) is 1.85. The van der Waals surface area contributed by atoms with Crippen LogP contribution in [0.3, 0.4) is 0 Å². The highest BCUT2D eigenvalue weighted by molar-refractivity contribution is 6.08. The van der Waals surface area contributed by atoms with Gasteiger partial charge in [0.05, 0.1) is 5.56 Å². The first-order valence-corrected chi connectivity index (χ1v) is 9.84. The van der Waals surface area contributed by atoms with Gasteiger partial charge in [0.2, 0.25) is 11.4 Å². The Morgan fingerprint density at radius 1 is 1.11 bits per heavy atom. The summed E-state index contributed by atoms with van der Waals surface area (Å²) < 4.78 is 41.4. The van der Waals surface area contributed by atoms with Crippen molar-refractivity contribution in [1.29, 1.82) is 0 Å². The maximum Gasteiger partial charge on any atom is 0.227 e. The van der Waals surface area contributed by atoms with Crippen molar-refractivity contribution < 1.29 is 14.5 Å². The van der Waals surface area contributed by atoms with Crippen LogP contribution in [0.2, 0.25) is 0 Å². The molecule has 144 valence electrons. The maximum atomic E-state index is 9.04. The first-order chi connectivity index (χ1) is 15.0. The lowest BCUT2D eigenvalue weighted by Gasteiger charge is -2.16. The molecule has 0 bridgehead atoms. The van der Waals surface area contributed by atoms with Gasteiger partial charge in [-0.25, -0.2) is 9.55 Å². The highest BCUT2D eigenvalue weighted by Crippen LogP contribution is 2.37. The number of furan rings is 1. The highest BCUT2D eigenvalue weighted by atomic mass is 16.3. The first-order valence-electron chi connectivity index (χ1n) is 11.8. The van der Waals surface area contributed by atoms with E-state index in [-0.39, 0.29) is 5.56 Å². The van der Waals surface area contributed by atoms with Crippen LogP contribution in [-0.2, 0) is 7.05 Å². The van der Waals surface area contributed by atoms with Crippen molar-refractivity contribution in [3.63, 3.8) is 0 Å². The number of hydrogen-bond acceptors (Lipinski definition) is 2. The number of hydrogen-bond donors (Lipinski definition) is 0. The second kappa shape index (κ2) is 7.05. The van der Waals surface area contributed by atoms with Gasteiger partial charge in [-0.3, -0.25) is 0 Å². The van der Waals surface area contributed by atoms with E-state index in [1.807, 2.05) is 63.6 Å². The van der Waals surface area contributed by atoms with Gasteiger partial charge in [0.25, 0.3) is 0 Å². The summed E-state index contributed by atoms with van der Waals surface area (Å²) in [6, 6.07) is 9.97. The number of benzene rings is 1. The van der Waals surface area contributed by atoms with Crippen molar-refractivity contribution in [2.45, 2.75) is 53.3 Å². The van der Waals surface area contributed by atoms with E-state index in [1.54, 1.807) is 6.20 Å². The number of nitrogens with zero attached hydrogens (tertiary/aromatic N) is 2. The van der Waals surface area contributed by atoms with E-state index < -0.39 is 12.7 Å². The summed E-state index contributed by atoms with van der Waals surface area (Å²) in [5.41, 5.74) is 5.72. The number of fused-ring (bicyclic) bond motifs is 3. The number of aryl methyl sites for hydroxylation is 4. The molecule has 3 aromatic heterocycles. The molecule has 0 fully saturated rings. The summed E-state index contributed by atoms with van der Waals surface area (Å²) in [5.74, 6) is -0.985. The van der Waals surface area contributed by atoms with Crippen LogP contribution in [0.1, 0.15) is 60.5 Å². The molecule has 3 nitrogen and oxygen atoms in total. The van der Waals surface area contributed by atoms with Gasteiger partial charge in [0, 0.05) is 33.6 Å². The number of rotatable bonds is 4. The van der Waals surface area contributed by atoms with Crippen molar-refractivity contribution in [1.82, 2.24) is 4.98 Å². The zero-order valence-corrected chi connectivity index (χ0v) is 17.2. The molecule has 3 heterocycles. The second-order valence-corrected chi connectivity index (χ2v) is 7.45. The molecule has 0 aliphatic rings. The van der Waals surface area contributed by atoms with Gasteiger partial charge in [-0.1, -0.05) is 26.0 Å². The Bertz CT molecular complexity index is 1330. The zero-order valence-electron chi connectivity index (χ0n) is 21.2. The van der Waals surface area contributed by atoms with Crippen molar-refractivity contribution >= 4 is 22.1 Å². The minimum Gasteiger partial charge on any atom is -0.437 e. The molecule has 0 saturated heterocycles. The minimum absolute atomic E-state index is 0.231. The van der Waals surface area contributed by atoms with E-state index >= 15 is 0 Å². The smallest absolute Gasteiger partial charge is 0.227 e. The van der Waals surface area contributed by atoms with E-state index in [0.717, 1.165) is 38.9 Å². The van der Waals surface area contributed by atoms with Gasteiger partial charge >= 0.3 is 0 Å². The molecule has 0 aliphatic carbocycles. The molecule has 28 heavy (non-hydrogen) atoms. The van der Waals surface area contributed by atoms with Gasteiger partial charge in [-0.05, 0) is 62.7 Å². The van der Waals surface area contributed by atoms with Gasteiger partial charge in [-0.2, -0.15) is 0 Å². The Morgan fingerprint density at radius 3 is 2.57 bits per heavy atom.